The fourth-order valence-corrected chi connectivity index (χ4v) is 1.82. The Morgan fingerprint density at radius 3 is 2.59 bits per heavy atom. The molecule has 2 N–H and O–H groups in total. The van der Waals surface area contributed by atoms with Gasteiger partial charge in [-0.25, -0.2) is 22.3 Å². The lowest BCUT2D eigenvalue weighted by Gasteiger charge is -2.10. The van der Waals surface area contributed by atoms with Gasteiger partial charge >= 0.3 is 0 Å². The second-order valence-electron chi connectivity index (χ2n) is 3.19. The lowest BCUT2D eigenvalue weighted by atomic mass is 10.3. The molecular formula is C10H11F2NO3S. The van der Waals surface area contributed by atoms with Crippen LogP contribution < -0.4 is 9.88 Å². The van der Waals surface area contributed by atoms with Gasteiger partial charge in [0.05, 0.1) is 6.61 Å². The van der Waals surface area contributed by atoms with Crippen LogP contribution >= 0.6 is 0 Å². The Hall–Kier alpha value is -1.47. The molecule has 4 nitrogen and oxygen atoms in total. The van der Waals surface area contributed by atoms with Crippen LogP contribution in [0.25, 0.3) is 0 Å². The number of halogens is 2. The maximum absolute atomic E-state index is 13.4. The van der Waals surface area contributed by atoms with Gasteiger partial charge in [-0.15, -0.1) is 6.58 Å². The highest BCUT2D eigenvalue weighted by Crippen LogP contribution is 2.27. The van der Waals surface area contributed by atoms with Crippen molar-refractivity contribution in [3.05, 3.63) is 36.4 Å². The van der Waals surface area contributed by atoms with Gasteiger partial charge in [0.2, 0.25) is 10.0 Å². The minimum atomic E-state index is -4.25. The molecule has 0 atom stereocenters. The third kappa shape index (κ3) is 3.50. The fraction of sp³-hybridized carbons (Fsp3) is 0.200. The van der Waals surface area contributed by atoms with Crippen LogP contribution in [0, 0.1) is 11.6 Å². The standard InChI is InChI=1S/C10H11F2NO3S/c1-2-3-4-16-10-8(12)5-7(11)6-9(10)17(13,14)15/h2,5-6H,1,3-4H2,(H2,13,14,15). The molecule has 0 heterocycles. The topological polar surface area (TPSA) is 69.4 Å². The summed E-state index contributed by atoms with van der Waals surface area (Å²) in [5.74, 6) is -2.73. The summed E-state index contributed by atoms with van der Waals surface area (Å²) in [6.45, 7) is 3.45. The van der Waals surface area contributed by atoms with Gasteiger partial charge in [0.25, 0.3) is 0 Å². The Bertz CT molecular complexity index is 529. The predicted molar refractivity (Wildman–Crippen MR) is 58.0 cm³/mol. The number of rotatable bonds is 5. The van der Waals surface area contributed by atoms with Gasteiger partial charge in [0.15, 0.2) is 11.6 Å². The first-order valence-electron chi connectivity index (χ1n) is 4.62. The van der Waals surface area contributed by atoms with Gasteiger partial charge in [0.1, 0.15) is 10.7 Å². The molecule has 0 bridgehead atoms. The van der Waals surface area contributed by atoms with Crippen molar-refractivity contribution < 1.29 is 21.9 Å². The largest absolute Gasteiger partial charge is 0.489 e. The highest BCUT2D eigenvalue weighted by Gasteiger charge is 2.21. The van der Waals surface area contributed by atoms with Crippen LogP contribution in [0.5, 0.6) is 5.75 Å². The Balaban J connectivity index is 3.21. The van der Waals surface area contributed by atoms with Crippen molar-refractivity contribution in [3.63, 3.8) is 0 Å². The monoisotopic (exact) mass is 263 g/mol. The van der Waals surface area contributed by atoms with Crippen LogP contribution in [-0.4, -0.2) is 15.0 Å². The number of primary sulfonamides is 1. The SMILES string of the molecule is C=CCCOc1c(F)cc(F)cc1S(N)(=O)=O. The third-order valence-electron chi connectivity index (χ3n) is 1.85. The summed E-state index contributed by atoms with van der Waals surface area (Å²) in [6, 6.07) is 1.14. The smallest absolute Gasteiger partial charge is 0.241 e. The average Bonchev–Trinajstić information content (AvgIpc) is 2.19. The zero-order valence-corrected chi connectivity index (χ0v) is 9.64. The quantitative estimate of drug-likeness (QED) is 0.647. The summed E-state index contributed by atoms with van der Waals surface area (Å²) in [7, 11) is -4.25. The molecule has 0 spiro atoms. The van der Waals surface area contributed by atoms with Gasteiger partial charge < -0.3 is 4.74 Å². The van der Waals surface area contributed by atoms with Crippen molar-refractivity contribution in [2.24, 2.45) is 5.14 Å². The van der Waals surface area contributed by atoms with E-state index in [0.29, 0.717) is 18.6 Å². The fourth-order valence-electron chi connectivity index (χ4n) is 1.13. The van der Waals surface area contributed by atoms with Crippen molar-refractivity contribution >= 4 is 10.0 Å². The number of hydrogen-bond acceptors (Lipinski definition) is 3. The summed E-state index contributed by atoms with van der Waals surface area (Å²) in [4.78, 5) is -0.709. The number of sulfonamides is 1. The van der Waals surface area contributed by atoms with Crippen molar-refractivity contribution in [1.29, 1.82) is 0 Å². The van der Waals surface area contributed by atoms with Gasteiger partial charge in [-0.3, -0.25) is 0 Å². The Morgan fingerprint density at radius 2 is 2.06 bits per heavy atom. The molecule has 0 aliphatic heterocycles. The van der Waals surface area contributed by atoms with Crippen LogP contribution in [0.4, 0.5) is 8.78 Å². The van der Waals surface area contributed by atoms with E-state index in [1.165, 1.54) is 6.08 Å². The van der Waals surface area contributed by atoms with Gasteiger partial charge in [-0.05, 0) is 12.5 Å². The number of benzene rings is 1. The van der Waals surface area contributed by atoms with Crippen molar-refractivity contribution in [2.75, 3.05) is 6.61 Å². The van der Waals surface area contributed by atoms with E-state index in [4.69, 9.17) is 9.88 Å². The Labute approximate surface area is 97.7 Å². The van der Waals surface area contributed by atoms with Gasteiger partial charge in [0, 0.05) is 6.07 Å². The van der Waals surface area contributed by atoms with Crippen LogP contribution in [-0.2, 0) is 10.0 Å². The molecule has 7 heteroatoms. The minimum Gasteiger partial charge on any atom is -0.489 e. The number of nitrogens with two attached hydrogens (primary N) is 1. The van der Waals surface area contributed by atoms with Crippen LogP contribution in [0.3, 0.4) is 0 Å². The van der Waals surface area contributed by atoms with Crippen LogP contribution in [0.2, 0.25) is 0 Å². The first kappa shape index (κ1) is 13.6. The minimum absolute atomic E-state index is 0.0224. The normalized spacial score (nSPS) is 11.2. The first-order valence-corrected chi connectivity index (χ1v) is 6.16. The molecule has 0 amide bonds. The van der Waals surface area contributed by atoms with E-state index in [1.807, 2.05) is 0 Å². The number of hydrogen-bond donors (Lipinski definition) is 1. The summed E-state index contributed by atoms with van der Waals surface area (Å²) in [5, 5.41) is 4.84. The van der Waals surface area contributed by atoms with E-state index in [-0.39, 0.29) is 6.61 Å². The summed E-state index contributed by atoms with van der Waals surface area (Å²) < 4.78 is 53.4. The maximum Gasteiger partial charge on any atom is 0.241 e. The molecule has 17 heavy (non-hydrogen) atoms. The van der Waals surface area contributed by atoms with E-state index < -0.39 is 32.3 Å². The summed E-state index contributed by atoms with van der Waals surface area (Å²) >= 11 is 0. The van der Waals surface area contributed by atoms with Crippen molar-refractivity contribution in [1.82, 2.24) is 0 Å². The second-order valence-corrected chi connectivity index (χ2v) is 4.72. The second kappa shape index (κ2) is 5.24. The van der Waals surface area contributed by atoms with Crippen molar-refractivity contribution in [3.8, 4) is 5.75 Å². The lowest BCUT2D eigenvalue weighted by molar-refractivity contribution is 0.297. The van der Waals surface area contributed by atoms with E-state index in [1.54, 1.807) is 0 Å². The molecule has 94 valence electrons. The molecule has 1 aromatic carbocycles. The molecule has 0 unspecified atom stereocenters. The molecule has 0 radical (unpaired) electrons. The molecule has 0 saturated heterocycles. The Morgan fingerprint density at radius 1 is 1.41 bits per heavy atom. The predicted octanol–water partition coefficient (Wildman–Crippen LogP) is 1.57. The van der Waals surface area contributed by atoms with E-state index in [9.17, 15) is 17.2 Å². The molecule has 0 fully saturated rings. The molecule has 0 aromatic heterocycles. The highest BCUT2D eigenvalue weighted by atomic mass is 32.2. The Kier molecular flexibility index (Phi) is 4.19. The van der Waals surface area contributed by atoms with Gasteiger partial charge in [-0.2, -0.15) is 0 Å². The van der Waals surface area contributed by atoms with E-state index in [2.05, 4.69) is 6.58 Å². The molecule has 1 rings (SSSR count). The molecule has 0 aliphatic carbocycles. The van der Waals surface area contributed by atoms with Crippen LogP contribution in [0.1, 0.15) is 6.42 Å². The molecular weight excluding hydrogens is 252 g/mol. The van der Waals surface area contributed by atoms with Crippen LogP contribution in [0.15, 0.2) is 29.7 Å². The average molecular weight is 263 g/mol. The van der Waals surface area contributed by atoms with Gasteiger partial charge in [-0.1, -0.05) is 6.08 Å². The molecule has 0 aliphatic rings. The molecule has 1 aromatic rings. The zero-order chi connectivity index (χ0) is 13.1. The van der Waals surface area contributed by atoms with E-state index >= 15 is 0 Å². The van der Waals surface area contributed by atoms with E-state index in [0.717, 1.165) is 0 Å². The van der Waals surface area contributed by atoms with Crippen molar-refractivity contribution in [2.45, 2.75) is 11.3 Å². The summed E-state index contributed by atoms with van der Waals surface area (Å²) in [5.41, 5.74) is 0. The lowest BCUT2D eigenvalue weighted by Crippen LogP contribution is -2.15. The summed E-state index contributed by atoms with van der Waals surface area (Å²) in [6.07, 6.45) is 1.90. The first-order chi connectivity index (χ1) is 7.86. The highest BCUT2D eigenvalue weighted by molar-refractivity contribution is 7.89. The zero-order valence-electron chi connectivity index (χ0n) is 8.82. The third-order valence-corrected chi connectivity index (χ3v) is 2.77. The number of ether oxygens (including phenoxy) is 1. The molecule has 0 saturated carbocycles. The maximum atomic E-state index is 13.4.